The molecule has 19 heteroatoms. The van der Waals surface area contributed by atoms with Crippen molar-refractivity contribution in [2.45, 2.75) is 354 Å². The lowest BCUT2D eigenvalue weighted by atomic mass is 10.1. The fourth-order valence-electron chi connectivity index (χ4n) is 11.1. The molecule has 0 saturated heterocycles. The highest BCUT2D eigenvalue weighted by atomic mass is 31.2. The number of rotatable bonds is 79. The highest BCUT2D eigenvalue weighted by molar-refractivity contribution is 7.47. The molecule has 0 amide bonds. The van der Waals surface area contributed by atoms with Gasteiger partial charge in [-0.25, -0.2) is 9.13 Å². The van der Waals surface area contributed by atoms with Gasteiger partial charge in [-0.3, -0.25) is 37.3 Å². The molecule has 0 aliphatic carbocycles. The molecule has 17 nitrogen and oxygen atoms in total. The van der Waals surface area contributed by atoms with Crippen molar-refractivity contribution in [1.29, 1.82) is 0 Å². The van der Waals surface area contributed by atoms with Crippen molar-refractivity contribution in [1.82, 2.24) is 0 Å². The molecule has 0 heterocycles. The summed E-state index contributed by atoms with van der Waals surface area (Å²) in [6.45, 7) is 4.49. The van der Waals surface area contributed by atoms with E-state index in [0.29, 0.717) is 25.7 Å². The quantitative estimate of drug-likeness (QED) is 0.0169. The Labute approximate surface area is 668 Å². The van der Waals surface area contributed by atoms with Gasteiger partial charge >= 0.3 is 39.5 Å². The second-order valence-corrected chi connectivity index (χ2v) is 30.9. The van der Waals surface area contributed by atoms with Gasteiger partial charge in [-0.2, -0.15) is 0 Å². The molecule has 628 valence electrons. The summed E-state index contributed by atoms with van der Waals surface area (Å²) in [6.07, 6.45) is 96.2. The predicted molar refractivity (Wildman–Crippen MR) is 454 cm³/mol. The topological polar surface area (TPSA) is 237 Å². The first-order valence-electron chi connectivity index (χ1n) is 42.7. The summed E-state index contributed by atoms with van der Waals surface area (Å²) in [7, 11) is -9.99. The van der Waals surface area contributed by atoms with E-state index in [9.17, 15) is 43.2 Å². The van der Waals surface area contributed by atoms with Crippen LogP contribution in [0.5, 0.6) is 0 Å². The van der Waals surface area contributed by atoms with E-state index in [2.05, 4.69) is 186 Å². The zero-order valence-corrected chi connectivity index (χ0v) is 70.7. The zero-order chi connectivity index (χ0) is 80.3. The Hall–Kier alpha value is -5.32. The molecule has 0 rings (SSSR count). The van der Waals surface area contributed by atoms with E-state index in [0.717, 1.165) is 231 Å². The minimum absolute atomic E-state index is 0.0704. The minimum Gasteiger partial charge on any atom is -0.462 e. The largest absolute Gasteiger partial charge is 0.472 e. The molecule has 0 spiro atoms. The second kappa shape index (κ2) is 81.7. The molecular weight excluding hydrogens is 1430 g/mol. The minimum atomic E-state index is -5.00. The Morgan fingerprint density at radius 1 is 0.264 bits per heavy atom. The molecule has 0 saturated carbocycles. The molecular formula is C91H152O17P2. The maximum atomic E-state index is 13.1. The van der Waals surface area contributed by atoms with E-state index in [-0.39, 0.29) is 25.7 Å². The van der Waals surface area contributed by atoms with Crippen LogP contribution >= 0.6 is 15.6 Å². The summed E-state index contributed by atoms with van der Waals surface area (Å²) in [5.41, 5.74) is 0. The third kappa shape index (κ3) is 80.7. The van der Waals surface area contributed by atoms with Crippen molar-refractivity contribution >= 4 is 39.5 Å². The van der Waals surface area contributed by atoms with Crippen molar-refractivity contribution in [3.8, 4) is 0 Å². The van der Waals surface area contributed by atoms with Crippen LogP contribution in [-0.4, -0.2) is 96.7 Å². The van der Waals surface area contributed by atoms with Crippen LogP contribution < -0.4 is 0 Å². The van der Waals surface area contributed by atoms with Crippen molar-refractivity contribution in [2.24, 2.45) is 0 Å². The zero-order valence-electron chi connectivity index (χ0n) is 68.9. The molecule has 3 N–H and O–H groups in total. The van der Waals surface area contributed by atoms with E-state index in [1.807, 2.05) is 0 Å². The van der Waals surface area contributed by atoms with Crippen molar-refractivity contribution in [3.63, 3.8) is 0 Å². The number of hydrogen-bond donors (Lipinski definition) is 3. The lowest BCUT2D eigenvalue weighted by Gasteiger charge is -2.21. The number of carbonyl (C=O) groups is 4. The number of aliphatic hydroxyl groups excluding tert-OH is 1. The van der Waals surface area contributed by atoms with Gasteiger partial charge in [0.1, 0.15) is 19.3 Å². The van der Waals surface area contributed by atoms with Gasteiger partial charge in [-0.05, 0) is 167 Å². The van der Waals surface area contributed by atoms with Crippen LogP contribution in [0.15, 0.2) is 158 Å². The van der Waals surface area contributed by atoms with Crippen LogP contribution in [0.4, 0.5) is 0 Å². The molecule has 0 aromatic heterocycles. The summed E-state index contributed by atoms with van der Waals surface area (Å²) in [6, 6.07) is 0. The number of allylic oxidation sites excluding steroid dienone is 26. The van der Waals surface area contributed by atoms with Gasteiger partial charge < -0.3 is 33.8 Å². The molecule has 110 heavy (non-hydrogen) atoms. The van der Waals surface area contributed by atoms with Crippen LogP contribution in [0.25, 0.3) is 0 Å². The van der Waals surface area contributed by atoms with E-state index < -0.39 is 97.5 Å². The third-order valence-corrected chi connectivity index (χ3v) is 19.4. The molecule has 5 atom stereocenters. The number of esters is 4. The average Bonchev–Trinajstić information content (AvgIpc) is 0.942. The number of aliphatic hydroxyl groups is 1. The Morgan fingerprint density at radius 2 is 0.473 bits per heavy atom. The summed E-state index contributed by atoms with van der Waals surface area (Å²) in [5, 5.41) is 10.7. The van der Waals surface area contributed by atoms with Crippen molar-refractivity contribution in [2.75, 3.05) is 39.6 Å². The van der Waals surface area contributed by atoms with Crippen LogP contribution in [0.3, 0.4) is 0 Å². The van der Waals surface area contributed by atoms with Crippen LogP contribution in [0.1, 0.15) is 336 Å². The van der Waals surface area contributed by atoms with E-state index >= 15 is 0 Å². The number of hydrogen-bond acceptors (Lipinski definition) is 15. The Kier molecular flexibility index (Phi) is 77.7. The lowest BCUT2D eigenvalue weighted by Crippen LogP contribution is -2.30. The van der Waals surface area contributed by atoms with Gasteiger partial charge in [-0.15, -0.1) is 0 Å². The Balaban J connectivity index is 5.41. The van der Waals surface area contributed by atoms with Crippen LogP contribution in [-0.2, 0) is 65.4 Å². The summed E-state index contributed by atoms with van der Waals surface area (Å²) >= 11 is 0. The first-order chi connectivity index (χ1) is 53.7. The summed E-state index contributed by atoms with van der Waals surface area (Å²) in [5.74, 6) is -2.23. The third-order valence-electron chi connectivity index (χ3n) is 17.5. The fourth-order valence-corrected chi connectivity index (χ4v) is 12.7. The van der Waals surface area contributed by atoms with Gasteiger partial charge in [0.05, 0.1) is 26.4 Å². The molecule has 0 bridgehead atoms. The highest BCUT2D eigenvalue weighted by Gasteiger charge is 2.30. The maximum absolute atomic E-state index is 13.1. The number of carbonyl (C=O) groups excluding carboxylic acids is 4. The van der Waals surface area contributed by atoms with Crippen molar-refractivity contribution in [3.05, 3.63) is 158 Å². The number of unbranched alkanes of at least 4 members (excludes halogenated alkanes) is 27. The number of phosphoric acid groups is 2. The SMILES string of the molecule is CC/C=C\C/C=C\C/C=C\C/C=C\CCCCCCCCC(=O)OCC(COP(=O)(O)OCC(O)COP(=O)(O)OCC(COC(=O)CCCCCCCC/C=C\C/C=C\C/C=C\C/C=C\CC)OC(=O)CCCCCCCC/C=C\C/C=C\C/C=C\C/C=C\CC)OC(=O)CCCCCCC/C=C\CCCCCC. The molecule has 0 fully saturated rings. The maximum Gasteiger partial charge on any atom is 0.472 e. The van der Waals surface area contributed by atoms with E-state index in [4.69, 9.17) is 37.0 Å². The van der Waals surface area contributed by atoms with E-state index in [1.165, 1.54) is 25.7 Å². The average molecular weight is 1580 g/mol. The van der Waals surface area contributed by atoms with Crippen LogP contribution in [0.2, 0.25) is 0 Å². The predicted octanol–water partition coefficient (Wildman–Crippen LogP) is 25.6. The molecule has 0 radical (unpaired) electrons. The van der Waals surface area contributed by atoms with Gasteiger partial charge in [0, 0.05) is 25.7 Å². The number of phosphoric ester groups is 2. The lowest BCUT2D eigenvalue weighted by molar-refractivity contribution is -0.161. The first kappa shape index (κ1) is 105. The summed E-state index contributed by atoms with van der Waals surface area (Å²) in [4.78, 5) is 73.3. The molecule has 0 aliphatic rings. The normalized spacial score (nSPS) is 14.6. The highest BCUT2D eigenvalue weighted by Crippen LogP contribution is 2.45. The molecule has 0 aromatic carbocycles. The molecule has 0 aromatic rings. The smallest absolute Gasteiger partial charge is 0.462 e. The molecule has 0 aliphatic heterocycles. The van der Waals surface area contributed by atoms with Gasteiger partial charge in [0.25, 0.3) is 0 Å². The Bertz CT molecular complexity index is 2700. The van der Waals surface area contributed by atoms with Crippen molar-refractivity contribution < 1.29 is 80.2 Å². The van der Waals surface area contributed by atoms with Gasteiger partial charge in [-0.1, -0.05) is 301 Å². The van der Waals surface area contributed by atoms with Crippen LogP contribution in [0, 0.1) is 0 Å². The van der Waals surface area contributed by atoms with E-state index in [1.54, 1.807) is 0 Å². The summed E-state index contributed by atoms with van der Waals surface area (Å²) < 4.78 is 68.8. The number of ether oxygens (including phenoxy) is 4. The Morgan fingerprint density at radius 3 is 0.736 bits per heavy atom. The fraction of sp³-hybridized carbons (Fsp3) is 0.670. The van der Waals surface area contributed by atoms with Gasteiger partial charge in [0.15, 0.2) is 12.2 Å². The standard InChI is InChI=1S/C91H152O17P2/c1-5-9-13-17-21-25-29-33-36-39-42-45-48-52-55-59-63-67-71-75-88(93)101-81-86(107-90(95)77-73-69-65-61-57-51-32-28-24-20-16-12-8-4)83-105-109(97,98)103-79-85(92)80-104-110(99,100)106-84-87(108-91(96)78-74-70-66-62-58-54-50-47-44-41-38-35-31-27-23-19-15-11-7-3)82-102-89(94)76-72-68-64-60-56-53-49-46-43-40-37-34-30-26-22-18-14-10-6-2/h9-11,13-15,21-23,25-28,32-38,42-47,85-87,92H,5-8,12,16-20,24,29-31,39-41,48-84H2,1-4H3,(H,97,98)(H,99,100)/b13-9-,14-10-,15-11-,25-21-,26-22-,27-23-,32-28-,36-33-,37-34-,38-35-,45-42-,46-43-,47-44-. The second-order valence-electron chi connectivity index (χ2n) is 28.0. The van der Waals surface area contributed by atoms with Gasteiger partial charge in [0.2, 0.25) is 0 Å². The molecule has 5 unspecified atom stereocenters. The monoisotopic (exact) mass is 1580 g/mol. The first-order valence-corrected chi connectivity index (χ1v) is 45.7.